The SMILES string of the molecule is CC(C)=CCC/C(C)=C/CC/C(C)=C/C(=O)OCCc1cc(C)ccc1C(C)C. The number of ether oxygens (including phenoxy) is 1. The molecular formula is C27H40O2. The third-order valence-electron chi connectivity index (χ3n) is 5.02. The van der Waals surface area contributed by atoms with Crippen LogP contribution in [0.15, 0.2) is 53.1 Å². The summed E-state index contributed by atoms with van der Waals surface area (Å²) in [5, 5.41) is 0. The minimum Gasteiger partial charge on any atom is -0.462 e. The number of rotatable bonds is 11. The van der Waals surface area contributed by atoms with Gasteiger partial charge < -0.3 is 4.74 Å². The molecule has 2 heteroatoms. The molecule has 0 amide bonds. The number of benzene rings is 1. The Labute approximate surface area is 178 Å². The highest BCUT2D eigenvalue weighted by molar-refractivity contribution is 5.82. The number of aryl methyl sites for hydroxylation is 1. The molecule has 1 aromatic carbocycles. The predicted octanol–water partition coefficient (Wildman–Crippen LogP) is 7.62. The second-order valence-electron chi connectivity index (χ2n) is 8.67. The van der Waals surface area contributed by atoms with Gasteiger partial charge in [0.25, 0.3) is 0 Å². The highest BCUT2D eigenvalue weighted by atomic mass is 16.5. The first-order valence-electron chi connectivity index (χ1n) is 10.9. The van der Waals surface area contributed by atoms with Crippen LogP contribution in [0.3, 0.4) is 0 Å². The molecule has 160 valence electrons. The molecular weight excluding hydrogens is 356 g/mol. The molecule has 1 rings (SSSR count). The van der Waals surface area contributed by atoms with Gasteiger partial charge in [0.2, 0.25) is 0 Å². The minimum absolute atomic E-state index is 0.231. The Morgan fingerprint density at radius 2 is 1.66 bits per heavy atom. The molecule has 0 atom stereocenters. The lowest BCUT2D eigenvalue weighted by Crippen LogP contribution is -2.07. The number of allylic oxidation sites excluding steroid dienone is 5. The lowest BCUT2D eigenvalue weighted by molar-refractivity contribution is -0.137. The number of esters is 1. The number of hydrogen-bond donors (Lipinski definition) is 0. The van der Waals surface area contributed by atoms with Gasteiger partial charge in [0, 0.05) is 12.5 Å². The highest BCUT2D eigenvalue weighted by Crippen LogP contribution is 2.21. The maximum absolute atomic E-state index is 12.1. The third kappa shape index (κ3) is 10.9. The number of carbonyl (C=O) groups is 1. The quantitative estimate of drug-likeness (QED) is 0.218. The zero-order valence-electron chi connectivity index (χ0n) is 19.6. The van der Waals surface area contributed by atoms with Gasteiger partial charge in [-0.25, -0.2) is 4.79 Å². The normalized spacial score (nSPS) is 12.3. The van der Waals surface area contributed by atoms with Crippen molar-refractivity contribution in [2.75, 3.05) is 6.61 Å². The molecule has 0 unspecified atom stereocenters. The monoisotopic (exact) mass is 396 g/mol. The first-order chi connectivity index (χ1) is 13.7. The number of carbonyl (C=O) groups excluding carboxylic acids is 1. The lowest BCUT2D eigenvalue weighted by Gasteiger charge is -2.13. The van der Waals surface area contributed by atoms with Gasteiger partial charge in [0.1, 0.15) is 0 Å². The fourth-order valence-electron chi connectivity index (χ4n) is 3.33. The summed E-state index contributed by atoms with van der Waals surface area (Å²) >= 11 is 0. The van der Waals surface area contributed by atoms with E-state index in [0.29, 0.717) is 12.5 Å². The molecule has 2 nitrogen and oxygen atoms in total. The van der Waals surface area contributed by atoms with E-state index in [9.17, 15) is 4.79 Å². The van der Waals surface area contributed by atoms with E-state index >= 15 is 0 Å². The Morgan fingerprint density at radius 1 is 1.00 bits per heavy atom. The average molecular weight is 397 g/mol. The summed E-state index contributed by atoms with van der Waals surface area (Å²) < 4.78 is 5.46. The van der Waals surface area contributed by atoms with Crippen LogP contribution in [-0.4, -0.2) is 12.6 Å². The molecule has 0 heterocycles. The van der Waals surface area contributed by atoms with E-state index in [4.69, 9.17) is 4.74 Å². The second-order valence-corrected chi connectivity index (χ2v) is 8.67. The molecule has 0 aliphatic carbocycles. The van der Waals surface area contributed by atoms with Gasteiger partial charge in [-0.2, -0.15) is 0 Å². The minimum atomic E-state index is -0.231. The van der Waals surface area contributed by atoms with Crippen LogP contribution >= 0.6 is 0 Å². The van der Waals surface area contributed by atoms with Gasteiger partial charge in [-0.1, -0.05) is 66.5 Å². The summed E-state index contributed by atoms with van der Waals surface area (Å²) in [7, 11) is 0. The summed E-state index contributed by atoms with van der Waals surface area (Å²) in [6, 6.07) is 6.54. The van der Waals surface area contributed by atoms with Gasteiger partial charge in [-0.15, -0.1) is 0 Å². The molecule has 0 radical (unpaired) electrons. The van der Waals surface area contributed by atoms with Crippen LogP contribution in [0.1, 0.15) is 89.8 Å². The van der Waals surface area contributed by atoms with Crippen LogP contribution in [0.2, 0.25) is 0 Å². The Kier molecular flexibility index (Phi) is 11.3. The Bertz CT molecular complexity index is 744. The molecule has 1 aromatic rings. The van der Waals surface area contributed by atoms with Crippen LogP contribution in [0.25, 0.3) is 0 Å². The maximum atomic E-state index is 12.1. The summed E-state index contributed by atoms with van der Waals surface area (Å²) in [5.74, 6) is 0.243. The van der Waals surface area contributed by atoms with Crippen molar-refractivity contribution < 1.29 is 9.53 Å². The Morgan fingerprint density at radius 3 is 2.31 bits per heavy atom. The van der Waals surface area contributed by atoms with Gasteiger partial charge >= 0.3 is 5.97 Å². The summed E-state index contributed by atoms with van der Waals surface area (Å²) in [5.41, 5.74) is 7.72. The van der Waals surface area contributed by atoms with Crippen LogP contribution in [0.4, 0.5) is 0 Å². The largest absolute Gasteiger partial charge is 0.462 e. The zero-order chi connectivity index (χ0) is 21.8. The molecule has 29 heavy (non-hydrogen) atoms. The number of hydrogen-bond acceptors (Lipinski definition) is 2. The fraction of sp³-hybridized carbons (Fsp3) is 0.519. The van der Waals surface area contributed by atoms with Crippen molar-refractivity contribution in [3.8, 4) is 0 Å². The van der Waals surface area contributed by atoms with Gasteiger partial charge in [0.05, 0.1) is 6.61 Å². The topological polar surface area (TPSA) is 26.3 Å². The first kappa shape index (κ1) is 24.9. The van der Waals surface area contributed by atoms with E-state index in [-0.39, 0.29) is 5.97 Å². The van der Waals surface area contributed by atoms with Crippen molar-refractivity contribution in [3.63, 3.8) is 0 Å². The average Bonchev–Trinajstić information content (AvgIpc) is 2.61. The van der Waals surface area contributed by atoms with Crippen LogP contribution in [-0.2, 0) is 16.0 Å². The third-order valence-corrected chi connectivity index (χ3v) is 5.02. The summed E-state index contributed by atoms with van der Waals surface area (Å²) in [6.07, 6.45) is 11.0. The van der Waals surface area contributed by atoms with E-state index in [1.54, 1.807) is 6.08 Å². The summed E-state index contributed by atoms with van der Waals surface area (Å²) in [4.78, 5) is 12.1. The smallest absolute Gasteiger partial charge is 0.330 e. The standard InChI is InChI=1S/C27H40O2/c1-20(2)10-8-11-22(5)12-9-13-23(6)19-27(28)29-17-16-25-18-24(7)14-15-26(25)21(3)4/h10,12,14-15,18-19,21H,8-9,11,13,16-17H2,1-7H3/b22-12+,23-19+. The Balaban J connectivity index is 2.42. The van der Waals surface area contributed by atoms with Crippen molar-refractivity contribution >= 4 is 5.97 Å². The van der Waals surface area contributed by atoms with Crippen LogP contribution in [0, 0.1) is 6.92 Å². The van der Waals surface area contributed by atoms with Crippen molar-refractivity contribution in [1.82, 2.24) is 0 Å². The van der Waals surface area contributed by atoms with Crippen molar-refractivity contribution in [2.24, 2.45) is 0 Å². The molecule has 0 N–H and O–H groups in total. The van der Waals surface area contributed by atoms with Gasteiger partial charge in [-0.3, -0.25) is 0 Å². The fourth-order valence-corrected chi connectivity index (χ4v) is 3.33. The second kappa shape index (κ2) is 13.2. The van der Waals surface area contributed by atoms with Gasteiger partial charge in [0.15, 0.2) is 0 Å². The van der Waals surface area contributed by atoms with Gasteiger partial charge in [-0.05, 0) is 77.3 Å². The van der Waals surface area contributed by atoms with Crippen molar-refractivity contribution in [2.45, 2.75) is 86.5 Å². The zero-order valence-corrected chi connectivity index (χ0v) is 19.6. The molecule has 0 bridgehead atoms. The van der Waals surface area contributed by atoms with E-state index in [1.807, 2.05) is 6.92 Å². The molecule has 0 fully saturated rings. The van der Waals surface area contributed by atoms with Crippen molar-refractivity contribution in [3.05, 3.63) is 69.8 Å². The van der Waals surface area contributed by atoms with E-state index in [1.165, 1.54) is 27.8 Å². The maximum Gasteiger partial charge on any atom is 0.330 e. The molecule has 0 aliphatic rings. The highest BCUT2D eigenvalue weighted by Gasteiger charge is 2.08. The van der Waals surface area contributed by atoms with E-state index in [0.717, 1.165) is 37.7 Å². The van der Waals surface area contributed by atoms with Crippen LogP contribution in [0.5, 0.6) is 0 Å². The predicted molar refractivity (Wildman–Crippen MR) is 125 cm³/mol. The molecule has 0 saturated heterocycles. The first-order valence-corrected chi connectivity index (χ1v) is 10.9. The molecule has 0 spiro atoms. The summed E-state index contributed by atoms with van der Waals surface area (Å²) in [6.45, 7) is 15.4. The molecule has 0 aliphatic heterocycles. The lowest BCUT2D eigenvalue weighted by atomic mass is 9.94. The van der Waals surface area contributed by atoms with Crippen molar-refractivity contribution in [1.29, 1.82) is 0 Å². The Hall–Kier alpha value is -2.09. The van der Waals surface area contributed by atoms with E-state index < -0.39 is 0 Å². The van der Waals surface area contributed by atoms with E-state index in [2.05, 4.69) is 71.9 Å². The molecule has 0 saturated carbocycles. The molecule has 0 aromatic heterocycles. The van der Waals surface area contributed by atoms with Crippen LogP contribution < -0.4 is 0 Å².